The molecular weight excluding hydrogens is 217 g/mol. The first-order valence-corrected chi connectivity index (χ1v) is 4.93. The highest BCUT2D eigenvalue weighted by molar-refractivity contribution is 5.43. The van der Waals surface area contributed by atoms with Crippen molar-refractivity contribution in [2.24, 2.45) is 0 Å². The van der Waals surface area contributed by atoms with E-state index in [-0.39, 0.29) is 12.0 Å². The SMILES string of the molecule is CCc1cnc(C#N)c(C(F)(F)F)c1CC. The van der Waals surface area contributed by atoms with Crippen LogP contribution in [0, 0.1) is 11.3 Å². The highest BCUT2D eigenvalue weighted by Crippen LogP contribution is 2.35. The van der Waals surface area contributed by atoms with E-state index < -0.39 is 17.4 Å². The lowest BCUT2D eigenvalue weighted by atomic mass is 9.97. The molecule has 5 heteroatoms. The third kappa shape index (κ3) is 2.16. The van der Waals surface area contributed by atoms with Crippen LogP contribution in [0.2, 0.25) is 0 Å². The van der Waals surface area contributed by atoms with E-state index in [0.29, 0.717) is 12.0 Å². The molecule has 86 valence electrons. The summed E-state index contributed by atoms with van der Waals surface area (Å²) in [4.78, 5) is 3.56. The predicted molar refractivity (Wildman–Crippen MR) is 52.7 cm³/mol. The van der Waals surface area contributed by atoms with Crippen LogP contribution in [0.4, 0.5) is 13.2 Å². The number of rotatable bonds is 2. The summed E-state index contributed by atoms with van der Waals surface area (Å²) in [7, 11) is 0. The Labute approximate surface area is 91.7 Å². The molecule has 0 saturated carbocycles. The van der Waals surface area contributed by atoms with Gasteiger partial charge in [-0.15, -0.1) is 0 Å². The summed E-state index contributed by atoms with van der Waals surface area (Å²) in [5.74, 6) is 0. The van der Waals surface area contributed by atoms with Gasteiger partial charge in [0.15, 0.2) is 5.69 Å². The number of nitriles is 1. The molecule has 1 aromatic rings. The van der Waals surface area contributed by atoms with Crippen molar-refractivity contribution in [3.05, 3.63) is 28.6 Å². The van der Waals surface area contributed by atoms with Crippen LogP contribution in [0.15, 0.2) is 6.20 Å². The van der Waals surface area contributed by atoms with Crippen molar-refractivity contribution >= 4 is 0 Å². The highest BCUT2D eigenvalue weighted by Gasteiger charge is 2.37. The van der Waals surface area contributed by atoms with Gasteiger partial charge in [-0.3, -0.25) is 0 Å². The summed E-state index contributed by atoms with van der Waals surface area (Å²) in [6.45, 7) is 3.41. The van der Waals surface area contributed by atoms with E-state index in [0.717, 1.165) is 0 Å². The topological polar surface area (TPSA) is 36.7 Å². The molecule has 0 atom stereocenters. The zero-order valence-electron chi connectivity index (χ0n) is 9.02. The summed E-state index contributed by atoms with van der Waals surface area (Å²) < 4.78 is 38.4. The molecule has 0 fully saturated rings. The van der Waals surface area contributed by atoms with Gasteiger partial charge in [-0.05, 0) is 24.0 Å². The third-order valence-electron chi connectivity index (χ3n) is 2.40. The Kier molecular flexibility index (Phi) is 3.53. The molecule has 0 aliphatic carbocycles. The first kappa shape index (κ1) is 12.5. The van der Waals surface area contributed by atoms with E-state index >= 15 is 0 Å². The Bertz CT molecular complexity index is 430. The molecule has 1 heterocycles. The van der Waals surface area contributed by atoms with Crippen LogP contribution in [0.5, 0.6) is 0 Å². The number of aryl methyl sites for hydroxylation is 1. The van der Waals surface area contributed by atoms with Gasteiger partial charge in [0, 0.05) is 6.20 Å². The Hall–Kier alpha value is -1.57. The van der Waals surface area contributed by atoms with E-state index in [1.165, 1.54) is 12.3 Å². The monoisotopic (exact) mass is 228 g/mol. The molecule has 0 bridgehead atoms. The maximum Gasteiger partial charge on any atom is 0.419 e. The summed E-state index contributed by atoms with van der Waals surface area (Å²) >= 11 is 0. The first-order valence-electron chi connectivity index (χ1n) is 4.93. The van der Waals surface area contributed by atoms with E-state index in [1.807, 2.05) is 0 Å². The van der Waals surface area contributed by atoms with Crippen molar-refractivity contribution in [2.75, 3.05) is 0 Å². The quantitative estimate of drug-likeness (QED) is 0.779. The molecule has 0 spiro atoms. The number of hydrogen-bond acceptors (Lipinski definition) is 2. The Morgan fingerprint density at radius 1 is 1.31 bits per heavy atom. The summed E-state index contributed by atoms with van der Waals surface area (Å²) in [5.41, 5.74) is -0.686. The average Bonchev–Trinajstić information content (AvgIpc) is 2.25. The van der Waals surface area contributed by atoms with Gasteiger partial charge in [0.2, 0.25) is 0 Å². The Balaban J connectivity index is 3.58. The zero-order valence-corrected chi connectivity index (χ0v) is 9.02. The number of aromatic nitrogens is 1. The van der Waals surface area contributed by atoms with Crippen molar-refractivity contribution in [3.63, 3.8) is 0 Å². The summed E-state index contributed by atoms with van der Waals surface area (Å²) in [6.07, 6.45) is -2.44. The lowest BCUT2D eigenvalue weighted by Gasteiger charge is -2.15. The van der Waals surface area contributed by atoms with Crippen LogP contribution >= 0.6 is 0 Å². The molecular formula is C11H11F3N2. The second kappa shape index (κ2) is 4.52. The minimum atomic E-state index is -4.52. The molecule has 0 radical (unpaired) electrons. The second-order valence-corrected chi connectivity index (χ2v) is 3.30. The first-order chi connectivity index (χ1) is 7.45. The van der Waals surface area contributed by atoms with E-state index in [9.17, 15) is 13.2 Å². The molecule has 0 aliphatic heterocycles. The van der Waals surface area contributed by atoms with Crippen LogP contribution in [0.3, 0.4) is 0 Å². The summed E-state index contributed by atoms with van der Waals surface area (Å²) in [6, 6.07) is 1.50. The predicted octanol–water partition coefficient (Wildman–Crippen LogP) is 3.10. The maximum absolute atomic E-state index is 12.8. The molecule has 1 rings (SSSR count). The van der Waals surface area contributed by atoms with Crippen LogP contribution in [-0.4, -0.2) is 4.98 Å². The number of hydrogen-bond donors (Lipinski definition) is 0. The molecule has 2 nitrogen and oxygen atoms in total. The molecule has 0 saturated heterocycles. The van der Waals surface area contributed by atoms with Crippen molar-refractivity contribution in [1.29, 1.82) is 5.26 Å². The molecule has 0 unspecified atom stereocenters. The lowest BCUT2D eigenvalue weighted by Crippen LogP contribution is -2.15. The van der Waals surface area contributed by atoms with E-state index in [1.54, 1.807) is 13.8 Å². The van der Waals surface area contributed by atoms with Gasteiger partial charge in [0.05, 0.1) is 5.56 Å². The molecule has 0 N–H and O–H groups in total. The number of pyridine rings is 1. The van der Waals surface area contributed by atoms with Crippen LogP contribution in [0.25, 0.3) is 0 Å². The van der Waals surface area contributed by atoms with Crippen molar-refractivity contribution < 1.29 is 13.2 Å². The Morgan fingerprint density at radius 3 is 2.31 bits per heavy atom. The van der Waals surface area contributed by atoms with Gasteiger partial charge in [-0.25, -0.2) is 4.98 Å². The van der Waals surface area contributed by atoms with Gasteiger partial charge >= 0.3 is 6.18 Å². The van der Waals surface area contributed by atoms with E-state index in [2.05, 4.69) is 4.98 Å². The largest absolute Gasteiger partial charge is 0.419 e. The second-order valence-electron chi connectivity index (χ2n) is 3.30. The lowest BCUT2D eigenvalue weighted by molar-refractivity contribution is -0.138. The average molecular weight is 228 g/mol. The van der Waals surface area contributed by atoms with Crippen molar-refractivity contribution in [2.45, 2.75) is 32.9 Å². The van der Waals surface area contributed by atoms with Crippen LogP contribution in [-0.2, 0) is 19.0 Å². The fourth-order valence-electron chi connectivity index (χ4n) is 1.69. The fourth-order valence-corrected chi connectivity index (χ4v) is 1.69. The standard InChI is InChI=1S/C11H11F3N2/c1-3-7-6-16-9(5-15)10(8(7)4-2)11(12,13)14/h6H,3-4H2,1-2H3. The number of halogens is 3. The smallest absolute Gasteiger partial charge is 0.245 e. The molecule has 16 heavy (non-hydrogen) atoms. The normalized spacial score (nSPS) is 11.2. The molecule has 1 aromatic heterocycles. The van der Waals surface area contributed by atoms with Crippen molar-refractivity contribution in [3.8, 4) is 6.07 Å². The van der Waals surface area contributed by atoms with Gasteiger partial charge < -0.3 is 0 Å². The third-order valence-corrected chi connectivity index (χ3v) is 2.40. The van der Waals surface area contributed by atoms with Crippen LogP contribution < -0.4 is 0 Å². The fraction of sp³-hybridized carbons (Fsp3) is 0.455. The number of nitrogens with zero attached hydrogens (tertiary/aromatic N) is 2. The minimum Gasteiger partial charge on any atom is -0.245 e. The maximum atomic E-state index is 12.8. The number of alkyl halides is 3. The molecule has 0 aliphatic rings. The zero-order chi connectivity index (χ0) is 12.3. The van der Waals surface area contributed by atoms with Gasteiger partial charge in [-0.1, -0.05) is 13.8 Å². The minimum absolute atomic E-state index is 0.182. The van der Waals surface area contributed by atoms with E-state index in [4.69, 9.17) is 5.26 Å². The van der Waals surface area contributed by atoms with Gasteiger partial charge in [0.25, 0.3) is 0 Å². The highest BCUT2D eigenvalue weighted by atomic mass is 19.4. The van der Waals surface area contributed by atoms with Gasteiger partial charge in [0.1, 0.15) is 6.07 Å². The van der Waals surface area contributed by atoms with Crippen molar-refractivity contribution in [1.82, 2.24) is 4.98 Å². The van der Waals surface area contributed by atoms with Gasteiger partial charge in [-0.2, -0.15) is 18.4 Å². The summed E-state index contributed by atoms with van der Waals surface area (Å²) in [5, 5.41) is 8.65. The van der Waals surface area contributed by atoms with Crippen LogP contribution in [0.1, 0.15) is 36.2 Å². The molecule has 0 amide bonds. The molecule has 0 aromatic carbocycles. The Morgan fingerprint density at radius 2 is 1.94 bits per heavy atom.